The Labute approximate surface area is 163 Å². The number of hydrogen-bond donors (Lipinski definition) is 4. The SMILES string of the molecule is Cc1ccc(NC(=O)NCCNc2ccc(Nc3ccncc3)nn2)cc1C. The molecule has 0 saturated heterocycles. The minimum atomic E-state index is -0.243. The maximum atomic E-state index is 11.9. The van der Waals surface area contributed by atoms with Crippen LogP contribution >= 0.6 is 0 Å². The van der Waals surface area contributed by atoms with E-state index in [1.807, 2.05) is 56.3 Å². The van der Waals surface area contributed by atoms with E-state index < -0.39 is 0 Å². The van der Waals surface area contributed by atoms with Crippen molar-refractivity contribution in [2.24, 2.45) is 0 Å². The van der Waals surface area contributed by atoms with Crippen LogP contribution in [0.3, 0.4) is 0 Å². The van der Waals surface area contributed by atoms with Crippen LogP contribution in [0.25, 0.3) is 0 Å². The first-order valence-electron chi connectivity index (χ1n) is 8.97. The molecule has 0 saturated carbocycles. The molecule has 0 aliphatic carbocycles. The van der Waals surface area contributed by atoms with Gasteiger partial charge < -0.3 is 21.3 Å². The maximum Gasteiger partial charge on any atom is 0.319 e. The highest BCUT2D eigenvalue weighted by molar-refractivity contribution is 5.89. The Morgan fingerprint density at radius 1 is 0.857 bits per heavy atom. The molecule has 3 rings (SSSR count). The summed E-state index contributed by atoms with van der Waals surface area (Å²) in [4.78, 5) is 15.9. The highest BCUT2D eigenvalue weighted by Crippen LogP contribution is 2.14. The molecule has 4 N–H and O–H groups in total. The van der Waals surface area contributed by atoms with Crippen LogP contribution in [0.4, 0.5) is 27.8 Å². The van der Waals surface area contributed by atoms with Crippen LogP contribution in [0, 0.1) is 13.8 Å². The summed E-state index contributed by atoms with van der Waals surface area (Å²) in [6.45, 7) is 5.04. The second-order valence-electron chi connectivity index (χ2n) is 6.27. The molecule has 8 nitrogen and oxygen atoms in total. The number of benzene rings is 1. The van der Waals surface area contributed by atoms with E-state index in [-0.39, 0.29) is 6.03 Å². The zero-order valence-corrected chi connectivity index (χ0v) is 15.9. The molecule has 144 valence electrons. The van der Waals surface area contributed by atoms with Gasteiger partial charge in [0.25, 0.3) is 0 Å². The number of urea groups is 1. The molecule has 0 spiro atoms. The first-order valence-corrected chi connectivity index (χ1v) is 8.97. The normalized spacial score (nSPS) is 10.2. The zero-order chi connectivity index (χ0) is 19.8. The van der Waals surface area contributed by atoms with E-state index in [1.165, 1.54) is 5.56 Å². The van der Waals surface area contributed by atoms with Crippen molar-refractivity contribution in [1.29, 1.82) is 0 Å². The monoisotopic (exact) mass is 377 g/mol. The number of aromatic nitrogens is 3. The molecule has 0 atom stereocenters. The molecule has 0 aliphatic rings. The van der Waals surface area contributed by atoms with Crippen LogP contribution in [-0.4, -0.2) is 34.3 Å². The molecular weight excluding hydrogens is 354 g/mol. The van der Waals surface area contributed by atoms with Gasteiger partial charge in [-0.05, 0) is 61.4 Å². The maximum absolute atomic E-state index is 11.9. The number of pyridine rings is 1. The predicted octanol–water partition coefficient (Wildman–Crippen LogP) is 3.47. The molecule has 0 aliphatic heterocycles. The lowest BCUT2D eigenvalue weighted by molar-refractivity contribution is 0.252. The number of carbonyl (C=O) groups is 1. The Kier molecular flexibility index (Phi) is 6.35. The van der Waals surface area contributed by atoms with Gasteiger partial charge in [0.15, 0.2) is 5.82 Å². The first-order chi connectivity index (χ1) is 13.6. The van der Waals surface area contributed by atoms with Gasteiger partial charge in [-0.25, -0.2) is 4.79 Å². The number of hydrogen-bond acceptors (Lipinski definition) is 6. The molecule has 0 unspecified atom stereocenters. The van der Waals surface area contributed by atoms with Crippen molar-refractivity contribution in [3.05, 3.63) is 66.0 Å². The summed E-state index contributed by atoms with van der Waals surface area (Å²) < 4.78 is 0. The Bertz CT molecular complexity index is 914. The minimum absolute atomic E-state index is 0.243. The summed E-state index contributed by atoms with van der Waals surface area (Å²) in [6.07, 6.45) is 3.41. The van der Waals surface area contributed by atoms with Gasteiger partial charge in [0.05, 0.1) is 0 Å². The molecule has 2 heterocycles. The number of carbonyl (C=O) groups excluding carboxylic acids is 1. The molecule has 2 aromatic heterocycles. The van der Waals surface area contributed by atoms with E-state index in [9.17, 15) is 4.79 Å². The van der Waals surface area contributed by atoms with E-state index in [0.717, 1.165) is 16.9 Å². The van der Waals surface area contributed by atoms with Crippen LogP contribution in [0.2, 0.25) is 0 Å². The summed E-state index contributed by atoms with van der Waals surface area (Å²) in [7, 11) is 0. The Balaban J connectivity index is 1.38. The number of rotatable bonds is 7. The van der Waals surface area contributed by atoms with Crippen LogP contribution < -0.4 is 21.3 Å². The fourth-order valence-corrected chi connectivity index (χ4v) is 2.44. The standard InChI is InChI=1S/C20H23N7O/c1-14-3-4-17(13-15(14)2)25-20(28)23-12-11-22-18-5-6-19(27-26-18)24-16-7-9-21-10-8-16/h3-10,13H,11-12H2,1-2H3,(H,22,26)(H,21,24,27)(H2,23,25,28). The first kappa shape index (κ1) is 19.1. The topological polar surface area (TPSA) is 104 Å². The second kappa shape index (κ2) is 9.31. The van der Waals surface area contributed by atoms with Crippen molar-refractivity contribution in [3.8, 4) is 0 Å². The fourth-order valence-electron chi connectivity index (χ4n) is 2.44. The lowest BCUT2D eigenvalue weighted by Gasteiger charge is -2.10. The third-order valence-corrected chi connectivity index (χ3v) is 4.10. The summed E-state index contributed by atoms with van der Waals surface area (Å²) in [5, 5.41) is 20.1. The van der Waals surface area contributed by atoms with E-state index in [1.54, 1.807) is 12.4 Å². The number of nitrogens with zero attached hydrogens (tertiary/aromatic N) is 3. The molecule has 3 aromatic rings. The number of amides is 2. The molecule has 2 amide bonds. The van der Waals surface area contributed by atoms with Gasteiger partial charge >= 0.3 is 6.03 Å². The third-order valence-electron chi connectivity index (χ3n) is 4.10. The van der Waals surface area contributed by atoms with E-state index in [2.05, 4.69) is 36.4 Å². The summed E-state index contributed by atoms with van der Waals surface area (Å²) in [6, 6.07) is 12.9. The van der Waals surface area contributed by atoms with Gasteiger partial charge in [-0.1, -0.05) is 6.07 Å². The molecule has 28 heavy (non-hydrogen) atoms. The highest BCUT2D eigenvalue weighted by atomic mass is 16.2. The Morgan fingerprint density at radius 3 is 2.32 bits per heavy atom. The van der Waals surface area contributed by atoms with Crippen molar-refractivity contribution < 1.29 is 4.79 Å². The quantitative estimate of drug-likeness (QED) is 0.470. The van der Waals surface area contributed by atoms with Crippen molar-refractivity contribution in [2.75, 3.05) is 29.0 Å². The van der Waals surface area contributed by atoms with Gasteiger partial charge in [-0.15, -0.1) is 10.2 Å². The van der Waals surface area contributed by atoms with Crippen LogP contribution in [-0.2, 0) is 0 Å². The molecule has 8 heteroatoms. The van der Waals surface area contributed by atoms with Gasteiger partial charge in [-0.3, -0.25) is 4.98 Å². The Hall–Kier alpha value is -3.68. The second-order valence-corrected chi connectivity index (χ2v) is 6.27. The highest BCUT2D eigenvalue weighted by Gasteiger charge is 2.03. The molecule has 0 bridgehead atoms. The zero-order valence-electron chi connectivity index (χ0n) is 15.9. The summed E-state index contributed by atoms with van der Waals surface area (Å²) in [5.41, 5.74) is 4.00. The third kappa shape index (κ3) is 5.66. The molecule has 1 aromatic carbocycles. The average molecular weight is 377 g/mol. The fraction of sp³-hybridized carbons (Fsp3) is 0.200. The van der Waals surface area contributed by atoms with Gasteiger partial charge in [0, 0.05) is 36.9 Å². The van der Waals surface area contributed by atoms with Gasteiger partial charge in [0.1, 0.15) is 5.82 Å². The minimum Gasteiger partial charge on any atom is -0.367 e. The lowest BCUT2D eigenvalue weighted by Crippen LogP contribution is -2.32. The average Bonchev–Trinajstić information content (AvgIpc) is 2.70. The molecular formula is C20H23N7O. The van der Waals surface area contributed by atoms with E-state index in [4.69, 9.17) is 0 Å². The Morgan fingerprint density at radius 2 is 1.61 bits per heavy atom. The van der Waals surface area contributed by atoms with E-state index >= 15 is 0 Å². The van der Waals surface area contributed by atoms with Crippen molar-refractivity contribution in [3.63, 3.8) is 0 Å². The van der Waals surface area contributed by atoms with Gasteiger partial charge in [-0.2, -0.15) is 0 Å². The number of nitrogens with one attached hydrogen (secondary N) is 4. The molecule has 0 fully saturated rings. The molecule has 0 radical (unpaired) electrons. The number of anilines is 4. The summed E-state index contributed by atoms with van der Waals surface area (Å²) >= 11 is 0. The van der Waals surface area contributed by atoms with E-state index in [0.29, 0.717) is 24.7 Å². The predicted molar refractivity (Wildman–Crippen MR) is 111 cm³/mol. The summed E-state index contributed by atoms with van der Waals surface area (Å²) in [5.74, 6) is 1.28. The van der Waals surface area contributed by atoms with Crippen molar-refractivity contribution in [2.45, 2.75) is 13.8 Å². The smallest absolute Gasteiger partial charge is 0.319 e. The van der Waals surface area contributed by atoms with Crippen LogP contribution in [0.15, 0.2) is 54.9 Å². The largest absolute Gasteiger partial charge is 0.367 e. The van der Waals surface area contributed by atoms with Crippen molar-refractivity contribution in [1.82, 2.24) is 20.5 Å². The van der Waals surface area contributed by atoms with Crippen LogP contribution in [0.1, 0.15) is 11.1 Å². The number of aryl methyl sites for hydroxylation is 2. The van der Waals surface area contributed by atoms with Crippen LogP contribution in [0.5, 0.6) is 0 Å². The van der Waals surface area contributed by atoms with Gasteiger partial charge in [0.2, 0.25) is 0 Å². The van der Waals surface area contributed by atoms with Crippen molar-refractivity contribution >= 4 is 29.0 Å². The lowest BCUT2D eigenvalue weighted by atomic mass is 10.1.